The van der Waals surface area contributed by atoms with Gasteiger partial charge in [0.1, 0.15) is 0 Å². The molecule has 0 radical (unpaired) electrons. The van der Waals surface area contributed by atoms with E-state index in [4.69, 9.17) is 0 Å². The zero-order chi connectivity index (χ0) is 15.9. The van der Waals surface area contributed by atoms with E-state index in [1.165, 1.54) is 11.3 Å². The molecule has 2 amide bonds. The van der Waals surface area contributed by atoms with Crippen molar-refractivity contribution in [2.45, 2.75) is 25.9 Å². The molecule has 1 saturated heterocycles. The van der Waals surface area contributed by atoms with Crippen LogP contribution in [-0.2, 0) is 16.1 Å². The Balaban J connectivity index is 1.84. The number of likely N-dealkylation sites (N-methyl/N-ethyl adjacent to an activating group) is 1. The molecule has 0 bridgehead atoms. The number of benzene rings is 1. The van der Waals surface area contributed by atoms with Gasteiger partial charge in [0.05, 0.1) is 5.92 Å². The Kier molecular flexibility index (Phi) is 3.81. The molecule has 118 valence electrons. The number of amides is 2. The van der Waals surface area contributed by atoms with Gasteiger partial charge in [-0.3, -0.25) is 9.59 Å². The molecule has 2 aliphatic rings. The number of rotatable bonds is 1. The fraction of sp³-hybridized carbons (Fsp3) is 0.529. The molecule has 1 fully saturated rings. The smallest absolute Gasteiger partial charge is 0.228 e. The molecule has 0 spiro atoms. The third kappa shape index (κ3) is 2.56. The molecule has 0 unspecified atom stereocenters. The minimum atomic E-state index is -0.199. The summed E-state index contributed by atoms with van der Waals surface area (Å²) in [6, 6.07) is 8.35. The van der Waals surface area contributed by atoms with E-state index < -0.39 is 0 Å². The first kappa shape index (κ1) is 14.9. The van der Waals surface area contributed by atoms with Crippen molar-refractivity contribution >= 4 is 17.5 Å². The first-order valence-corrected chi connectivity index (χ1v) is 7.81. The molecule has 0 saturated carbocycles. The predicted molar refractivity (Wildman–Crippen MR) is 85.5 cm³/mol. The molecule has 0 aromatic heterocycles. The fourth-order valence-corrected chi connectivity index (χ4v) is 3.51. The van der Waals surface area contributed by atoms with Crippen LogP contribution in [0.3, 0.4) is 0 Å². The maximum absolute atomic E-state index is 12.9. The molecule has 2 aliphatic heterocycles. The lowest BCUT2D eigenvalue weighted by Gasteiger charge is -2.30. The van der Waals surface area contributed by atoms with Gasteiger partial charge < -0.3 is 14.7 Å². The van der Waals surface area contributed by atoms with Gasteiger partial charge >= 0.3 is 0 Å². The summed E-state index contributed by atoms with van der Waals surface area (Å²) in [5.74, 6) is -0.0239. The minimum Gasteiger partial charge on any atom is -0.372 e. The lowest BCUT2D eigenvalue weighted by molar-refractivity contribution is -0.138. The minimum absolute atomic E-state index is 0.0679. The zero-order valence-electron chi connectivity index (χ0n) is 13.5. The van der Waals surface area contributed by atoms with E-state index >= 15 is 0 Å². The standard InChI is InChI=1S/C17H23N3O2/c1-12-9-18(2)15-7-5-4-6-13(15)11-20(12)17(22)14-8-16(21)19(3)10-14/h4-7,12,14H,8-11H2,1-3H3/t12-,14+/m0/s1. The Bertz CT molecular complexity index is 601. The lowest BCUT2D eigenvalue weighted by Crippen LogP contribution is -2.45. The van der Waals surface area contributed by atoms with Crippen LogP contribution in [0.5, 0.6) is 0 Å². The average molecular weight is 301 g/mol. The van der Waals surface area contributed by atoms with Gasteiger partial charge in [-0.15, -0.1) is 0 Å². The summed E-state index contributed by atoms with van der Waals surface area (Å²) in [7, 11) is 3.83. The van der Waals surface area contributed by atoms with Crippen LogP contribution in [0.4, 0.5) is 5.69 Å². The molecule has 0 N–H and O–H groups in total. The van der Waals surface area contributed by atoms with Crippen molar-refractivity contribution in [1.82, 2.24) is 9.80 Å². The van der Waals surface area contributed by atoms with Crippen LogP contribution in [0, 0.1) is 5.92 Å². The van der Waals surface area contributed by atoms with Gasteiger partial charge in [-0.2, -0.15) is 0 Å². The monoisotopic (exact) mass is 301 g/mol. The molecule has 2 heterocycles. The molecule has 5 heteroatoms. The van der Waals surface area contributed by atoms with Crippen molar-refractivity contribution in [3.63, 3.8) is 0 Å². The SMILES string of the molecule is C[C@H]1CN(C)c2ccccc2CN1C(=O)[C@@H]1CC(=O)N(C)C1. The van der Waals surface area contributed by atoms with Crippen molar-refractivity contribution in [3.05, 3.63) is 29.8 Å². The van der Waals surface area contributed by atoms with Crippen LogP contribution in [0.25, 0.3) is 0 Å². The summed E-state index contributed by atoms with van der Waals surface area (Å²) >= 11 is 0. The summed E-state index contributed by atoms with van der Waals surface area (Å²) in [6.07, 6.45) is 0.343. The maximum atomic E-state index is 12.9. The fourth-order valence-electron chi connectivity index (χ4n) is 3.51. The van der Waals surface area contributed by atoms with Crippen LogP contribution in [0.2, 0.25) is 0 Å². The van der Waals surface area contributed by atoms with Gasteiger partial charge in [0, 0.05) is 51.9 Å². The highest BCUT2D eigenvalue weighted by Crippen LogP contribution is 2.28. The highest BCUT2D eigenvalue weighted by Gasteiger charge is 2.37. The number of hydrogen-bond acceptors (Lipinski definition) is 3. The number of carbonyl (C=O) groups excluding carboxylic acids is 2. The molecule has 5 nitrogen and oxygen atoms in total. The highest BCUT2D eigenvalue weighted by molar-refractivity contribution is 5.89. The van der Waals surface area contributed by atoms with Crippen molar-refractivity contribution in [2.24, 2.45) is 5.92 Å². The maximum Gasteiger partial charge on any atom is 0.228 e. The number of carbonyl (C=O) groups is 2. The number of para-hydroxylation sites is 1. The summed E-state index contributed by atoms with van der Waals surface area (Å²) in [5.41, 5.74) is 2.35. The third-order valence-corrected chi connectivity index (χ3v) is 4.79. The van der Waals surface area contributed by atoms with Crippen LogP contribution < -0.4 is 4.90 Å². The molecule has 3 rings (SSSR count). The second-order valence-electron chi connectivity index (χ2n) is 6.50. The quantitative estimate of drug-likeness (QED) is 0.786. The first-order valence-electron chi connectivity index (χ1n) is 7.81. The van der Waals surface area contributed by atoms with Crippen LogP contribution in [0.15, 0.2) is 24.3 Å². The van der Waals surface area contributed by atoms with Gasteiger partial charge in [-0.25, -0.2) is 0 Å². The Morgan fingerprint density at radius 1 is 1.14 bits per heavy atom. The average Bonchev–Trinajstić information content (AvgIpc) is 2.77. The van der Waals surface area contributed by atoms with E-state index in [0.717, 1.165) is 6.54 Å². The first-order chi connectivity index (χ1) is 10.5. The molecule has 1 aromatic rings. The van der Waals surface area contributed by atoms with E-state index in [2.05, 4.69) is 31.0 Å². The summed E-state index contributed by atoms with van der Waals surface area (Å²) in [6.45, 7) is 4.05. The lowest BCUT2D eigenvalue weighted by atomic mass is 10.1. The van der Waals surface area contributed by atoms with Crippen molar-refractivity contribution < 1.29 is 9.59 Å². The Morgan fingerprint density at radius 3 is 2.55 bits per heavy atom. The molecular weight excluding hydrogens is 278 g/mol. The van der Waals surface area contributed by atoms with Gasteiger partial charge in [0.15, 0.2) is 0 Å². The normalized spacial score (nSPS) is 25.2. The molecular formula is C17H23N3O2. The van der Waals surface area contributed by atoms with Gasteiger partial charge in [0.25, 0.3) is 0 Å². The topological polar surface area (TPSA) is 43.9 Å². The molecule has 22 heavy (non-hydrogen) atoms. The van der Waals surface area contributed by atoms with E-state index in [1.54, 1.807) is 11.9 Å². The molecule has 2 atom stereocenters. The summed E-state index contributed by atoms with van der Waals surface area (Å²) < 4.78 is 0. The third-order valence-electron chi connectivity index (χ3n) is 4.79. The van der Waals surface area contributed by atoms with Gasteiger partial charge in [0.2, 0.25) is 11.8 Å². The molecule has 0 aliphatic carbocycles. The zero-order valence-corrected chi connectivity index (χ0v) is 13.5. The number of hydrogen-bond donors (Lipinski definition) is 0. The molecule has 1 aromatic carbocycles. The van der Waals surface area contributed by atoms with Crippen LogP contribution >= 0.6 is 0 Å². The second kappa shape index (κ2) is 5.63. The van der Waals surface area contributed by atoms with Crippen LogP contribution in [0.1, 0.15) is 18.9 Å². The highest BCUT2D eigenvalue weighted by atomic mass is 16.2. The van der Waals surface area contributed by atoms with Crippen LogP contribution in [-0.4, -0.2) is 54.8 Å². The number of nitrogens with zero attached hydrogens (tertiary/aromatic N) is 3. The van der Waals surface area contributed by atoms with Crippen molar-refractivity contribution in [1.29, 1.82) is 0 Å². The van der Waals surface area contributed by atoms with Gasteiger partial charge in [-0.05, 0) is 18.6 Å². The van der Waals surface area contributed by atoms with Crippen molar-refractivity contribution in [2.75, 3.05) is 32.1 Å². The summed E-state index contributed by atoms with van der Waals surface area (Å²) in [5, 5.41) is 0. The van der Waals surface area contributed by atoms with E-state index in [0.29, 0.717) is 19.5 Å². The number of likely N-dealkylation sites (tertiary alicyclic amines) is 1. The van der Waals surface area contributed by atoms with E-state index in [9.17, 15) is 9.59 Å². The number of anilines is 1. The summed E-state index contributed by atoms with van der Waals surface area (Å²) in [4.78, 5) is 30.4. The Hall–Kier alpha value is -2.04. The Morgan fingerprint density at radius 2 is 1.86 bits per heavy atom. The largest absolute Gasteiger partial charge is 0.372 e. The number of fused-ring (bicyclic) bond motifs is 1. The van der Waals surface area contributed by atoms with E-state index in [-0.39, 0.29) is 23.8 Å². The predicted octanol–water partition coefficient (Wildman–Crippen LogP) is 1.33. The second-order valence-corrected chi connectivity index (χ2v) is 6.50. The van der Waals surface area contributed by atoms with E-state index in [1.807, 2.05) is 17.0 Å². The van der Waals surface area contributed by atoms with Gasteiger partial charge in [-0.1, -0.05) is 18.2 Å². The Labute approximate surface area is 131 Å². The van der Waals surface area contributed by atoms with Crippen molar-refractivity contribution in [3.8, 4) is 0 Å².